The van der Waals surface area contributed by atoms with Gasteiger partial charge in [-0.25, -0.2) is 5.43 Å². The number of hydrogen-bond acceptors (Lipinski definition) is 8. The number of furan rings is 1. The fourth-order valence-corrected chi connectivity index (χ4v) is 3.30. The van der Waals surface area contributed by atoms with Crippen molar-refractivity contribution in [2.45, 2.75) is 13.5 Å². The average Bonchev–Trinajstić information content (AvgIpc) is 3.35. The topological polar surface area (TPSA) is 134 Å². The number of carbonyl (C=O) groups is 1. The third kappa shape index (κ3) is 4.91. The Balaban J connectivity index is 1.66. The molecule has 0 aliphatic carbocycles. The summed E-state index contributed by atoms with van der Waals surface area (Å²) in [6.45, 7) is 1.97. The molecule has 162 valence electrons. The Morgan fingerprint density at radius 1 is 1.35 bits per heavy atom. The lowest BCUT2D eigenvalue weighted by Gasteiger charge is -2.11. The van der Waals surface area contributed by atoms with E-state index < -0.39 is 10.8 Å². The standard InChI is InChI=1S/C19H18BrN5O6/c1-11-15(29-2)6-4-12(17(11)30-3)8-21-22-19(26)16-7-5-13(31-16)9-24-10-14(20)18(23-24)25(27)28/h4-8,10H,9H2,1-3H3,(H,22,26)/b21-8+. The maximum absolute atomic E-state index is 12.3. The molecule has 0 atom stereocenters. The van der Waals surface area contributed by atoms with Gasteiger partial charge in [0.2, 0.25) is 0 Å². The molecule has 3 rings (SSSR count). The fraction of sp³-hybridized carbons (Fsp3) is 0.211. The molecule has 0 spiro atoms. The molecule has 0 saturated carbocycles. The van der Waals surface area contributed by atoms with Crippen LogP contribution in [0.4, 0.5) is 5.82 Å². The first-order chi connectivity index (χ1) is 14.8. The number of halogens is 1. The first-order valence-corrected chi connectivity index (χ1v) is 9.64. The van der Waals surface area contributed by atoms with Crippen molar-refractivity contribution in [2.24, 2.45) is 5.10 Å². The minimum absolute atomic E-state index is 0.0331. The Morgan fingerprint density at radius 3 is 2.77 bits per heavy atom. The molecule has 3 aromatic rings. The Bertz CT molecular complexity index is 1150. The second-order valence-corrected chi connectivity index (χ2v) is 7.09. The van der Waals surface area contributed by atoms with Gasteiger partial charge in [-0.1, -0.05) is 0 Å². The molecule has 0 aliphatic heterocycles. The highest BCUT2D eigenvalue weighted by Gasteiger charge is 2.20. The van der Waals surface area contributed by atoms with Gasteiger partial charge >= 0.3 is 11.7 Å². The second-order valence-electron chi connectivity index (χ2n) is 6.24. The zero-order valence-corrected chi connectivity index (χ0v) is 18.4. The van der Waals surface area contributed by atoms with Gasteiger partial charge in [0, 0.05) is 11.1 Å². The van der Waals surface area contributed by atoms with Gasteiger partial charge in [0.25, 0.3) is 0 Å². The highest BCUT2D eigenvalue weighted by Crippen LogP contribution is 2.30. The molecule has 0 bridgehead atoms. The molecule has 12 heteroatoms. The Kier molecular flexibility index (Phi) is 6.70. The van der Waals surface area contributed by atoms with E-state index in [2.05, 4.69) is 31.6 Å². The minimum Gasteiger partial charge on any atom is -0.496 e. The van der Waals surface area contributed by atoms with Gasteiger partial charge in [-0.3, -0.25) is 4.79 Å². The number of aromatic nitrogens is 2. The predicted octanol–water partition coefficient (Wildman–Crippen LogP) is 3.28. The zero-order chi connectivity index (χ0) is 22.5. The van der Waals surface area contributed by atoms with E-state index in [9.17, 15) is 14.9 Å². The normalized spacial score (nSPS) is 11.0. The van der Waals surface area contributed by atoms with E-state index in [1.54, 1.807) is 25.3 Å². The first kappa shape index (κ1) is 22.0. The largest absolute Gasteiger partial charge is 0.496 e. The molecular weight excluding hydrogens is 474 g/mol. The van der Waals surface area contributed by atoms with Gasteiger partial charge in [-0.2, -0.15) is 9.78 Å². The number of nitro groups is 1. The predicted molar refractivity (Wildman–Crippen MR) is 114 cm³/mol. The number of ether oxygens (including phenoxy) is 2. The Labute approximate surface area is 184 Å². The van der Waals surface area contributed by atoms with Crippen LogP contribution in [0.15, 0.2) is 44.5 Å². The van der Waals surface area contributed by atoms with Gasteiger partial charge in [0.15, 0.2) is 5.76 Å². The lowest BCUT2D eigenvalue weighted by molar-refractivity contribution is -0.390. The smallest absolute Gasteiger partial charge is 0.404 e. The maximum Gasteiger partial charge on any atom is 0.404 e. The molecular formula is C19H18BrN5O6. The monoisotopic (exact) mass is 491 g/mol. The van der Waals surface area contributed by atoms with Crippen LogP contribution in [-0.2, 0) is 6.54 Å². The molecule has 2 aromatic heterocycles. The highest BCUT2D eigenvalue weighted by molar-refractivity contribution is 9.10. The molecule has 1 N–H and O–H groups in total. The molecule has 0 radical (unpaired) electrons. The summed E-state index contributed by atoms with van der Waals surface area (Å²) in [5, 5.41) is 18.7. The van der Waals surface area contributed by atoms with Crippen molar-refractivity contribution < 1.29 is 23.6 Å². The van der Waals surface area contributed by atoms with Crippen LogP contribution in [0.1, 0.15) is 27.4 Å². The van der Waals surface area contributed by atoms with Gasteiger partial charge < -0.3 is 24.0 Å². The molecule has 0 unspecified atom stereocenters. The van der Waals surface area contributed by atoms with Gasteiger partial charge in [0.05, 0.1) is 31.7 Å². The van der Waals surface area contributed by atoms with Crippen molar-refractivity contribution in [3.63, 3.8) is 0 Å². The number of benzene rings is 1. The van der Waals surface area contributed by atoms with Crippen molar-refractivity contribution >= 4 is 33.9 Å². The number of carbonyl (C=O) groups excluding carboxylic acids is 1. The summed E-state index contributed by atoms with van der Waals surface area (Å²) in [5.74, 6) is 0.826. The summed E-state index contributed by atoms with van der Waals surface area (Å²) < 4.78 is 17.7. The summed E-state index contributed by atoms with van der Waals surface area (Å²) in [4.78, 5) is 22.6. The first-order valence-electron chi connectivity index (χ1n) is 8.85. The van der Waals surface area contributed by atoms with Gasteiger partial charge in [-0.15, -0.1) is 0 Å². The lowest BCUT2D eigenvalue weighted by atomic mass is 10.1. The SMILES string of the molecule is COc1ccc(/C=N/NC(=O)c2ccc(Cn3cc(Br)c([N+](=O)[O-])n3)o2)c(OC)c1C. The van der Waals surface area contributed by atoms with Crippen LogP contribution < -0.4 is 14.9 Å². The average molecular weight is 492 g/mol. The number of amides is 1. The summed E-state index contributed by atoms with van der Waals surface area (Å²) in [7, 11) is 3.11. The zero-order valence-electron chi connectivity index (χ0n) is 16.8. The molecule has 1 amide bonds. The van der Waals surface area contributed by atoms with E-state index in [0.717, 1.165) is 5.56 Å². The van der Waals surface area contributed by atoms with Crippen LogP contribution in [0, 0.1) is 17.0 Å². The van der Waals surface area contributed by atoms with E-state index >= 15 is 0 Å². The van der Waals surface area contributed by atoms with Crippen LogP contribution in [0.25, 0.3) is 0 Å². The summed E-state index contributed by atoms with van der Waals surface area (Å²) in [5.41, 5.74) is 3.85. The van der Waals surface area contributed by atoms with Crippen molar-refractivity contribution in [1.82, 2.24) is 15.2 Å². The van der Waals surface area contributed by atoms with Gasteiger partial charge in [-0.05, 0) is 52.0 Å². The van der Waals surface area contributed by atoms with Crippen LogP contribution in [-0.4, -0.2) is 41.0 Å². The summed E-state index contributed by atoms with van der Waals surface area (Å²) in [6.07, 6.45) is 2.91. The number of rotatable bonds is 8. The van der Waals surface area contributed by atoms with Crippen molar-refractivity contribution in [1.29, 1.82) is 0 Å². The molecule has 0 aliphatic rings. The third-order valence-electron chi connectivity index (χ3n) is 4.26. The van der Waals surface area contributed by atoms with Crippen LogP contribution in [0.3, 0.4) is 0 Å². The molecule has 0 fully saturated rings. The Hall–Kier alpha value is -3.67. The van der Waals surface area contributed by atoms with E-state index in [1.165, 1.54) is 30.3 Å². The molecule has 2 heterocycles. The van der Waals surface area contributed by atoms with Crippen molar-refractivity contribution in [3.8, 4) is 11.5 Å². The quantitative estimate of drug-likeness (QED) is 0.290. The third-order valence-corrected chi connectivity index (χ3v) is 4.82. The molecule has 11 nitrogen and oxygen atoms in total. The minimum atomic E-state index is -0.598. The number of nitrogens with one attached hydrogen (secondary N) is 1. The number of methoxy groups -OCH3 is 2. The van der Waals surface area contributed by atoms with Crippen LogP contribution in [0.2, 0.25) is 0 Å². The number of nitrogens with zero attached hydrogens (tertiary/aromatic N) is 4. The fourth-order valence-electron chi connectivity index (χ4n) is 2.84. The van der Waals surface area contributed by atoms with Gasteiger partial charge in [0.1, 0.15) is 28.3 Å². The summed E-state index contributed by atoms with van der Waals surface area (Å²) in [6, 6.07) is 6.59. The molecule has 31 heavy (non-hydrogen) atoms. The Morgan fingerprint density at radius 2 is 2.13 bits per heavy atom. The van der Waals surface area contributed by atoms with Crippen molar-refractivity contribution in [2.75, 3.05) is 14.2 Å². The molecule has 1 aromatic carbocycles. The van der Waals surface area contributed by atoms with Crippen LogP contribution in [0.5, 0.6) is 11.5 Å². The van der Waals surface area contributed by atoms with Crippen LogP contribution >= 0.6 is 15.9 Å². The second kappa shape index (κ2) is 9.43. The van der Waals surface area contributed by atoms with E-state index in [1.807, 2.05) is 6.92 Å². The number of hydrogen-bond donors (Lipinski definition) is 1. The highest BCUT2D eigenvalue weighted by atomic mass is 79.9. The summed E-state index contributed by atoms with van der Waals surface area (Å²) >= 11 is 3.08. The van der Waals surface area contributed by atoms with E-state index in [0.29, 0.717) is 22.8 Å². The number of hydrazone groups is 1. The van der Waals surface area contributed by atoms with E-state index in [-0.39, 0.29) is 22.6 Å². The molecule has 0 saturated heterocycles. The van der Waals surface area contributed by atoms with E-state index in [4.69, 9.17) is 13.9 Å². The lowest BCUT2D eigenvalue weighted by Crippen LogP contribution is -2.17. The van der Waals surface area contributed by atoms with Crippen molar-refractivity contribution in [3.05, 3.63) is 67.7 Å². The maximum atomic E-state index is 12.3.